The number of imide groups is 1. The van der Waals surface area contributed by atoms with Gasteiger partial charge in [-0.3, -0.25) is 15.0 Å². The molecule has 1 atom stereocenters. The number of urea groups is 1. The fourth-order valence-electron chi connectivity index (χ4n) is 3.03. The van der Waals surface area contributed by atoms with Gasteiger partial charge in [0.05, 0.1) is 6.54 Å². The fraction of sp³-hybridized carbons (Fsp3) is 0.556. The average molecular weight is 332 g/mol. The van der Waals surface area contributed by atoms with E-state index in [1.807, 2.05) is 36.9 Å². The van der Waals surface area contributed by atoms with Crippen molar-refractivity contribution in [3.8, 4) is 0 Å². The third kappa shape index (κ3) is 4.55. The Kier molecular flexibility index (Phi) is 5.62. The SMILES string of the molecule is Cc1cccc(NC(=O)NC(=O)CN2CCC(N)C(C)(C)C2)c1C. The lowest BCUT2D eigenvalue weighted by atomic mass is 9.80. The summed E-state index contributed by atoms with van der Waals surface area (Å²) in [5.74, 6) is -0.302. The van der Waals surface area contributed by atoms with Crippen LogP contribution in [0.25, 0.3) is 0 Å². The highest BCUT2D eigenvalue weighted by Crippen LogP contribution is 2.27. The van der Waals surface area contributed by atoms with Crippen LogP contribution in [0.3, 0.4) is 0 Å². The molecule has 24 heavy (non-hydrogen) atoms. The van der Waals surface area contributed by atoms with E-state index < -0.39 is 6.03 Å². The average Bonchev–Trinajstić information content (AvgIpc) is 2.47. The molecule has 0 saturated carbocycles. The molecule has 0 radical (unpaired) electrons. The first-order valence-corrected chi connectivity index (χ1v) is 8.34. The molecule has 132 valence electrons. The van der Waals surface area contributed by atoms with Crippen LogP contribution in [0, 0.1) is 19.3 Å². The van der Waals surface area contributed by atoms with Crippen molar-refractivity contribution >= 4 is 17.6 Å². The maximum Gasteiger partial charge on any atom is 0.325 e. The van der Waals surface area contributed by atoms with E-state index in [9.17, 15) is 9.59 Å². The summed E-state index contributed by atoms with van der Waals surface area (Å²) in [5, 5.41) is 5.13. The number of amides is 3. The lowest BCUT2D eigenvalue weighted by molar-refractivity contribution is -0.121. The molecule has 3 amide bonds. The van der Waals surface area contributed by atoms with E-state index in [2.05, 4.69) is 24.5 Å². The number of benzene rings is 1. The van der Waals surface area contributed by atoms with Crippen LogP contribution in [0.15, 0.2) is 18.2 Å². The van der Waals surface area contributed by atoms with Crippen LogP contribution in [0.1, 0.15) is 31.4 Å². The Morgan fingerprint density at radius 2 is 2.04 bits per heavy atom. The number of hydrogen-bond donors (Lipinski definition) is 3. The molecular weight excluding hydrogens is 304 g/mol. The molecule has 0 aromatic heterocycles. The number of piperidine rings is 1. The Bertz CT molecular complexity index is 627. The van der Waals surface area contributed by atoms with Crippen LogP contribution in [-0.4, -0.2) is 42.5 Å². The topological polar surface area (TPSA) is 87.5 Å². The zero-order valence-corrected chi connectivity index (χ0v) is 15.0. The monoisotopic (exact) mass is 332 g/mol. The van der Waals surface area contributed by atoms with Gasteiger partial charge in [0.1, 0.15) is 0 Å². The zero-order valence-electron chi connectivity index (χ0n) is 15.0. The van der Waals surface area contributed by atoms with E-state index >= 15 is 0 Å². The number of aryl methyl sites for hydroxylation is 1. The first-order valence-electron chi connectivity index (χ1n) is 8.34. The number of likely N-dealkylation sites (tertiary alicyclic amines) is 1. The maximum atomic E-state index is 12.1. The second-order valence-corrected chi connectivity index (χ2v) is 7.34. The summed E-state index contributed by atoms with van der Waals surface area (Å²) in [5.41, 5.74) is 8.87. The van der Waals surface area contributed by atoms with Gasteiger partial charge in [0, 0.05) is 24.8 Å². The Morgan fingerprint density at radius 1 is 1.33 bits per heavy atom. The van der Waals surface area contributed by atoms with Gasteiger partial charge in [-0.15, -0.1) is 0 Å². The van der Waals surface area contributed by atoms with Crippen molar-refractivity contribution in [2.24, 2.45) is 11.1 Å². The third-order valence-electron chi connectivity index (χ3n) is 4.86. The Labute approximate surface area is 143 Å². The number of hydrogen-bond acceptors (Lipinski definition) is 4. The number of nitrogens with one attached hydrogen (secondary N) is 2. The Morgan fingerprint density at radius 3 is 2.71 bits per heavy atom. The standard InChI is InChI=1S/C18H28N4O2/c1-12-6-5-7-14(13(12)2)20-17(24)21-16(23)10-22-9-8-15(19)18(3,4)11-22/h5-7,15H,8-11,19H2,1-4H3,(H2,20,21,23,24). The van der Waals surface area contributed by atoms with Crippen LogP contribution in [-0.2, 0) is 4.79 Å². The molecule has 0 aliphatic carbocycles. The predicted molar refractivity (Wildman–Crippen MR) is 95.9 cm³/mol. The predicted octanol–water partition coefficient (Wildman–Crippen LogP) is 2.01. The minimum Gasteiger partial charge on any atom is -0.327 e. The summed E-state index contributed by atoms with van der Waals surface area (Å²) in [4.78, 5) is 26.2. The van der Waals surface area contributed by atoms with Crippen molar-refractivity contribution in [2.75, 3.05) is 25.0 Å². The number of anilines is 1. The van der Waals surface area contributed by atoms with Crippen molar-refractivity contribution < 1.29 is 9.59 Å². The molecule has 1 aromatic carbocycles. The molecule has 1 aromatic rings. The summed E-state index contributed by atoms with van der Waals surface area (Å²) in [6, 6.07) is 5.32. The summed E-state index contributed by atoms with van der Waals surface area (Å²) >= 11 is 0. The second-order valence-electron chi connectivity index (χ2n) is 7.34. The molecule has 4 N–H and O–H groups in total. The molecule has 6 heteroatoms. The number of carbonyl (C=O) groups excluding carboxylic acids is 2. The Balaban J connectivity index is 1.86. The first kappa shape index (κ1) is 18.4. The van der Waals surface area contributed by atoms with Gasteiger partial charge < -0.3 is 11.1 Å². The molecular formula is C18H28N4O2. The van der Waals surface area contributed by atoms with Crippen molar-refractivity contribution in [3.63, 3.8) is 0 Å². The summed E-state index contributed by atoms with van der Waals surface area (Å²) in [7, 11) is 0. The van der Waals surface area contributed by atoms with Crippen LogP contribution < -0.4 is 16.4 Å². The van der Waals surface area contributed by atoms with Gasteiger partial charge in [-0.2, -0.15) is 0 Å². The van der Waals surface area contributed by atoms with Gasteiger partial charge in [-0.25, -0.2) is 4.79 Å². The normalized spacial score (nSPS) is 20.5. The quantitative estimate of drug-likeness (QED) is 0.790. The minimum absolute atomic E-state index is 0.0283. The van der Waals surface area contributed by atoms with Crippen molar-refractivity contribution in [1.82, 2.24) is 10.2 Å². The third-order valence-corrected chi connectivity index (χ3v) is 4.86. The van der Waals surface area contributed by atoms with E-state index in [4.69, 9.17) is 5.73 Å². The second kappa shape index (κ2) is 7.32. The van der Waals surface area contributed by atoms with E-state index in [-0.39, 0.29) is 23.9 Å². The first-order chi connectivity index (χ1) is 11.2. The molecule has 0 spiro atoms. The van der Waals surface area contributed by atoms with Gasteiger partial charge >= 0.3 is 6.03 Å². The van der Waals surface area contributed by atoms with Crippen LogP contribution in [0.4, 0.5) is 10.5 Å². The van der Waals surface area contributed by atoms with E-state index in [0.717, 1.165) is 30.6 Å². The largest absolute Gasteiger partial charge is 0.327 e. The Hall–Kier alpha value is -1.92. The smallest absolute Gasteiger partial charge is 0.325 e. The molecule has 1 heterocycles. The lowest BCUT2D eigenvalue weighted by Crippen LogP contribution is -2.54. The minimum atomic E-state index is -0.498. The molecule has 1 saturated heterocycles. The number of nitrogens with two attached hydrogens (primary N) is 1. The number of carbonyl (C=O) groups is 2. The van der Waals surface area contributed by atoms with E-state index in [1.54, 1.807) is 0 Å². The summed E-state index contributed by atoms with van der Waals surface area (Å²) in [6.07, 6.45) is 0.856. The maximum absolute atomic E-state index is 12.1. The molecule has 1 aliphatic rings. The summed E-state index contributed by atoms with van der Waals surface area (Å²) in [6.45, 7) is 9.86. The van der Waals surface area contributed by atoms with E-state index in [0.29, 0.717) is 5.69 Å². The van der Waals surface area contributed by atoms with E-state index in [1.165, 1.54) is 0 Å². The van der Waals surface area contributed by atoms with Gasteiger partial charge in [0.25, 0.3) is 0 Å². The highest BCUT2D eigenvalue weighted by Gasteiger charge is 2.34. The van der Waals surface area contributed by atoms with Crippen molar-refractivity contribution in [1.29, 1.82) is 0 Å². The van der Waals surface area contributed by atoms with Gasteiger partial charge in [-0.1, -0.05) is 26.0 Å². The van der Waals surface area contributed by atoms with Crippen molar-refractivity contribution in [3.05, 3.63) is 29.3 Å². The highest BCUT2D eigenvalue weighted by atomic mass is 16.2. The van der Waals surface area contributed by atoms with Gasteiger partial charge in [-0.05, 0) is 42.9 Å². The lowest BCUT2D eigenvalue weighted by Gasteiger charge is -2.42. The molecule has 1 unspecified atom stereocenters. The van der Waals surface area contributed by atoms with Crippen LogP contribution >= 0.6 is 0 Å². The van der Waals surface area contributed by atoms with Gasteiger partial charge in [0.15, 0.2) is 0 Å². The van der Waals surface area contributed by atoms with Crippen molar-refractivity contribution in [2.45, 2.75) is 40.2 Å². The molecule has 2 rings (SSSR count). The molecule has 1 aliphatic heterocycles. The fourth-order valence-corrected chi connectivity index (χ4v) is 3.03. The van der Waals surface area contributed by atoms with Crippen LogP contribution in [0.2, 0.25) is 0 Å². The number of rotatable bonds is 3. The molecule has 0 bridgehead atoms. The highest BCUT2D eigenvalue weighted by molar-refractivity contribution is 6.02. The van der Waals surface area contributed by atoms with Crippen LogP contribution in [0.5, 0.6) is 0 Å². The zero-order chi connectivity index (χ0) is 17.9. The number of nitrogens with zero attached hydrogens (tertiary/aromatic N) is 1. The molecule has 6 nitrogen and oxygen atoms in total. The molecule has 1 fully saturated rings. The van der Waals surface area contributed by atoms with Gasteiger partial charge in [0.2, 0.25) is 5.91 Å². The summed E-state index contributed by atoms with van der Waals surface area (Å²) < 4.78 is 0.